The number of alkyl halides is 1. The molecule has 2 aliphatic heterocycles. The Labute approximate surface area is 112 Å². The van der Waals surface area contributed by atoms with Crippen LogP contribution in [-0.4, -0.2) is 41.4 Å². The molecule has 2 unspecified atom stereocenters. The summed E-state index contributed by atoms with van der Waals surface area (Å²) < 4.78 is 5.55. The predicted octanol–water partition coefficient (Wildman–Crippen LogP) is 2.72. The number of ether oxygens (including phenoxy) is 1. The number of hydrogen-bond acceptors (Lipinski definition) is 2. The van der Waals surface area contributed by atoms with Gasteiger partial charge in [-0.3, -0.25) is 4.79 Å². The molecule has 17 heavy (non-hydrogen) atoms. The zero-order valence-corrected chi connectivity index (χ0v) is 12.0. The largest absolute Gasteiger partial charge is 0.378 e. The Balaban J connectivity index is 1.86. The van der Waals surface area contributed by atoms with Crippen molar-refractivity contribution in [3.63, 3.8) is 0 Å². The maximum atomic E-state index is 12.3. The van der Waals surface area contributed by atoms with Crippen LogP contribution in [0.2, 0.25) is 0 Å². The Kier molecular flexibility index (Phi) is 5.29. The number of carbonyl (C=O) groups is 1. The van der Waals surface area contributed by atoms with E-state index in [4.69, 9.17) is 4.74 Å². The van der Waals surface area contributed by atoms with E-state index in [0.29, 0.717) is 18.4 Å². The number of piperidine rings is 1. The second-order valence-corrected chi connectivity index (χ2v) is 5.85. The van der Waals surface area contributed by atoms with E-state index < -0.39 is 0 Å². The van der Waals surface area contributed by atoms with E-state index in [1.54, 1.807) is 0 Å². The molecule has 0 N–H and O–H groups in total. The third-order valence-electron chi connectivity index (χ3n) is 3.82. The van der Waals surface area contributed by atoms with Crippen molar-refractivity contribution >= 4 is 21.8 Å². The van der Waals surface area contributed by atoms with Gasteiger partial charge in [-0.1, -0.05) is 15.9 Å². The monoisotopic (exact) mass is 303 g/mol. The van der Waals surface area contributed by atoms with Crippen LogP contribution >= 0.6 is 15.9 Å². The van der Waals surface area contributed by atoms with Gasteiger partial charge in [0.05, 0.1) is 12.5 Å². The van der Waals surface area contributed by atoms with Crippen LogP contribution in [0.1, 0.15) is 44.9 Å². The van der Waals surface area contributed by atoms with Crippen LogP contribution in [0.25, 0.3) is 0 Å². The highest BCUT2D eigenvalue weighted by atomic mass is 79.9. The van der Waals surface area contributed by atoms with Crippen LogP contribution in [-0.2, 0) is 9.53 Å². The standard InChI is InChI=1S/C13H22BrNO2/c14-7-6-11-4-1-2-8-15(11)13(16)10-12-5-3-9-17-12/h11-12H,1-10H2. The molecule has 0 aromatic heterocycles. The van der Waals surface area contributed by atoms with Gasteiger partial charge in [-0.2, -0.15) is 0 Å². The first kappa shape index (κ1) is 13.3. The van der Waals surface area contributed by atoms with Gasteiger partial charge in [0.2, 0.25) is 5.91 Å². The molecule has 2 saturated heterocycles. The van der Waals surface area contributed by atoms with Gasteiger partial charge in [-0.05, 0) is 38.5 Å². The van der Waals surface area contributed by atoms with E-state index in [9.17, 15) is 4.79 Å². The lowest BCUT2D eigenvalue weighted by Gasteiger charge is -2.36. The molecule has 0 radical (unpaired) electrons. The predicted molar refractivity (Wildman–Crippen MR) is 71.4 cm³/mol. The van der Waals surface area contributed by atoms with Gasteiger partial charge >= 0.3 is 0 Å². The molecule has 0 bridgehead atoms. The smallest absolute Gasteiger partial charge is 0.225 e. The minimum Gasteiger partial charge on any atom is -0.378 e. The zero-order valence-electron chi connectivity index (χ0n) is 10.4. The first-order chi connectivity index (χ1) is 8.31. The van der Waals surface area contributed by atoms with E-state index >= 15 is 0 Å². The summed E-state index contributed by atoms with van der Waals surface area (Å²) in [5, 5.41) is 0.987. The average Bonchev–Trinajstić information content (AvgIpc) is 2.83. The summed E-state index contributed by atoms with van der Waals surface area (Å²) in [6, 6.07) is 0.456. The molecule has 3 nitrogen and oxygen atoms in total. The molecular formula is C13H22BrNO2. The summed E-state index contributed by atoms with van der Waals surface area (Å²) in [6.45, 7) is 1.78. The highest BCUT2D eigenvalue weighted by Gasteiger charge is 2.28. The van der Waals surface area contributed by atoms with Gasteiger partial charge in [0.15, 0.2) is 0 Å². The van der Waals surface area contributed by atoms with Gasteiger partial charge in [-0.25, -0.2) is 0 Å². The zero-order chi connectivity index (χ0) is 12.1. The minimum atomic E-state index is 0.189. The molecule has 98 valence electrons. The molecule has 0 aliphatic carbocycles. The average molecular weight is 304 g/mol. The molecule has 0 aromatic carbocycles. The van der Waals surface area contributed by atoms with E-state index in [1.165, 1.54) is 12.8 Å². The first-order valence-electron chi connectivity index (χ1n) is 6.78. The highest BCUT2D eigenvalue weighted by Crippen LogP contribution is 2.23. The van der Waals surface area contributed by atoms with E-state index in [1.807, 2.05) is 0 Å². The summed E-state index contributed by atoms with van der Waals surface area (Å²) in [4.78, 5) is 14.4. The second-order valence-electron chi connectivity index (χ2n) is 5.05. The highest BCUT2D eigenvalue weighted by molar-refractivity contribution is 9.09. The van der Waals surface area contributed by atoms with Crippen LogP contribution in [0.15, 0.2) is 0 Å². The van der Waals surface area contributed by atoms with Gasteiger partial charge in [0, 0.05) is 24.5 Å². The Hall–Kier alpha value is -0.0900. The molecule has 0 aromatic rings. The molecule has 2 heterocycles. The quantitative estimate of drug-likeness (QED) is 0.747. The lowest BCUT2D eigenvalue weighted by atomic mass is 9.99. The molecular weight excluding hydrogens is 282 g/mol. The molecule has 0 spiro atoms. The van der Waals surface area contributed by atoms with Gasteiger partial charge in [0.1, 0.15) is 0 Å². The number of halogens is 1. The van der Waals surface area contributed by atoms with Crippen molar-refractivity contribution in [3.8, 4) is 0 Å². The number of rotatable bonds is 4. The number of likely N-dealkylation sites (tertiary alicyclic amines) is 1. The maximum Gasteiger partial charge on any atom is 0.225 e. The number of carbonyl (C=O) groups excluding carboxylic acids is 1. The van der Waals surface area contributed by atoms with Crippen molar-refractivity contribution in [1.29, 1.82) is 0 Å². The van der Waals surface area contributed by atoms with Crippen molar-refractivity contribution in [1.82, 2.24) is 4.90 Å². The summed E-state index contributed by atoms with van der Waals surface area (Å²) in [7, 11) is 0. The van der Waals surface area contributed by atoms with Gasteiger partial charge in [0.25, 0.3) is 0 Å². The molecule has 1 amide bonds. The molecule has 2 rings (SSSR count). The summed E-state index contributed by atoms with van der Waals surface area (Å²) >= 11 is 3.49. The number of hydrogen-bond donors (Lipinski definition) is 0. The van der Waals surface area contributed by atoms with Crippen LogP contribution in [0.4, 0.5) is 0 Å². The summed E-state index contributed by atoms with van der Waals surface area (Å²) in [6.07, 6.45) is 7.64. The van der Waals surface area contributed by atoms with Crippen LogP contribution in [0.3, 0.4) is 0 Å². The Morgan fingerprint density at radius 3 is 2.88 bits per heavy atom. The minimum absolute atomic E-state index is 0.189. The van der Waals surface area contributed by atoms with Crippen molar-refractivity contribution in [2.75, 3.05) is 18.5 Å². The van der Waals surface area contributed by atoms with Crippen molar-refractivity contribution < 1.29 is 9.53 Å². The lowest BCUT2D eigenvalue weighted by Crippen LogP contribution is -2.44. The van der Waals surface area contributed by atoms with E-state index in [-0.39, 0.29) is 6.10 Å². The molecule has 2 aliphatic rings. The molecule has 2 fully saturated rings. The summed E-state index contributed by atoms with van der Waals surface area (Å²) in [5.41, 5.74) is 0. The number of amides is 1. The summed E-state index contributed by atoms with van der Waals surface area (Å²) in [5.74, 6) is 0.308. The molecule has 0 saturated carbocycles. The first-order valence-corrected chi connectivity index (χ1v) is 7.90. The Morgan fingerprint density at radius 2 is 2.18 bits per heavy atom. The van der Waals surface area contributed by atoms with Crippen molar-refractivity contribution in [2.45, 2.75) is 57.1 Å². The van der Waals surface area contributed by atoms with Crippen molar-refractivity contribution in [3.05, 3.63) is 0 Å². The van der Waals surface area contributed by atoms with E-state index in [2.05, 4.69) is 20.8 Å². The second kappa shape index (κ2) is 6.74. The Morgan fingerprint density at radius 1 is 1.29 bits per heavy atom. The van der Waals surface area contributed by atoms with E-state index in [0.717, 1.165) is 44.2 Å². The number of nitrogens with zero attached hydrogens (tertiary/aromatic N) is 1. The van der Waals surface area contributed by atoms with Crippen molar-refractivity contribution in [2.24, 2.45) is 0 Å². The van der Waals surface area contributed by atoms with Crippen LogP contribution in [0.5, 0.6) is 0 Å². The molecule has 2 atom stereocenters. The van der Waals surface area contributed by atoms with Gasteiger partial charge in [-0.15, -0.1) is 0 Å². The lowest BCUT2D eigenvalue weighted by molar-refractivity contribution is -0.137. The van der Waals surface area contributed by atoms with Gasteiger partial charge < -0.3 is 9.64 Å². The van der Waals surface area contributed by atoms with Crippen LogP contribution in [0, 0.1) is 0 Å². The third-order valence-corrected chi connectivity index (χ3v) is 4.27. The third kappa shape index (κ3) is 3.68. The SMILES string of the molecule is O=C(CC1CCCO1)N1CCCCC1CCBr. The fraction of sp³-hybridized carbons (Fsp3) is 0.923. The topological polar surface area (TPSA) is 29.5 Å². The Bertz CT molecular complexity index is 252. The fourth-order valence-electron chi connectivity index (χ4n) is 2.87. The molecule has 4 heteroatoms. The fourth-order valence-corrected chi connectivity index (χ4v) is 3.40. The van der Waals surface area contributed by atoms with Crippen LogP contribution < -0.4 is 0 Å². The maximum absolute atomic E-state index is 12.3. The normalized spacial score (nSPS) is 29.6.